The molecule has 0 amide bonds. The molecule has 1 aliphatic carbocycles. The number of hydrogen-bond acceptors (Lipinski definition) is 3. The van der Waals surface area contributed by atoms with Gasteiger partial charge in [-0.3, -0.25) is 0 Å². The lowest BCUT2D eigenvalue weighted by atomic mass is 9.81. The molecule has 1 unspecified atom stereocenters. The topological polar surface area (TPSA) is 42.2 Å². The van der Waals surface area contributed by atoms with E-state index in [1.807, 2.05) is 36.4 Å². The van der Waals surface area contributed by atoms with Crippen LogP contribution in [0.3, 0.4) is 0 Å². The minimum Gasteiger partial charge on any atom is -0.493 e. The SMILES string of the molecule is COc1ccc2c(c1OC)CC(c1ccccc1)C=C2C#N. The summed E-state index contributed by atoms with van der Waals surface area (Å²) in [4.78, 5) is 0. The number of fused-ring (bicyclic) bond motifs is 1. The van der Waals surface area contributed by atoms with Crippen molar-refractivity contribution in [2.45, 2.75) is 12.3 Å². The van der Waals surface area contributed by atoms with Gasteiger partial charge in [-0.2, -0.15) is 5.26 Å². The molecule has 3 nitrogen and oxygen atoms in total. The van der Waals surface area contributed by atoms with E-state index in [9.17, 15) is 5.26 Å². The fourth-order valence-electron chi connectivity index (χ4n) is 3.03. The van der Waals surface area contributed by atoms with E-state index in [2.05, 4.69) is 18.2 Å². The molecule has 22 heavy (non-hydrogen) atoms. The molecule has 1 aliphatic rings. The van der Waals surface area contributed by atoms with Gasteiger partial charge in [0.05, 0.1) is 25.9 Å². The van der Waals surface area contributed by atoms with Gasteiger partial charge in [-0.1, -0.05) is 36.4 Å². The largest absolute Gasteiger partial charge is 0.493 e. The molecule has 0 N–H and O–H groups in total. The van der Waals surface area contributed by atoms with Crippen LogP contribution in [0.25, 0.3) is 5.57 Å². The second-order valence-corrected chi connectivity index (χ2v) is 5.24. The van der Waals surface area contributed by atoms with Crippen LogP contribution in [0.1, 0.15) is 22.6 Å². The van der Waals surface area contributed by atoms with Gasteiger partial charge in [0.2, 0.25) is 0 Å². The standard InChI is InChI=1S/C19H17NO2/c1-21-18-9-8-16-15(12-20)10-14(11-17(16)19(18)22-2)13-6-4-3-5-7-13/h3-10,14H,11H2,1-2H3. The van der Waals surface area contributed by atoms with Crippen LogP contribution in [0.4, 0.5) is 0 Å². The Balaban J connectivity index is 2.14. The predicted octanol–water partition coefficient (Wildman–Crippen LogP) is 3.95. The van der Waals surface area contributed by atoms with Gasteiger partial charge in [-0.05, 0) is 29.7 Å². The van der Waals surface area contributed by atoms with Gasteiger partial charge in [0.1, 0.15) is 0 Å². The van der Waals surface area contributed by atoms with Crippen molar-refractivity contribution in [2.75, 3.05) is 14.2 Å². The highest BCUT2D eigenvalue weighted by atomic mass is 16.5. The lowest BCUT2D eigenvalue weighted by Crippen LogP contribution is -2.11. The van der Waals surface area contributed by atoms with E-state index in [0.717, 1.165) is 23.3 Å². The Morgan fingerprint density at radius 1 is 1.05 bits per heavy atom. The third-order valence-electron chi connectivity index (χ3n) is 4.08. The van der Waals surface area contributed by atoms with Crippen LogP contribution in [-0.4, -0.2) is 14.2 Å². The molecule has 1 atom stereocenters. The molecule has 110 valence electrons. The molecular weight excluding hydrogens is 274 g/mol. The lowest BCUT2D eigenvalue weighted by molar-refractivity contribution is 0.351. The molecular formula is C19H17NO2. The van der Waals surface area contributed by atoms with Gasteiger partial charge in [-0.25, -0.2) is 0 Å². The predicted molar refractivity (Wildman–Crippen MR) is 86.0 cm³/mol. The van der Waals surface area contributed by atoms with E-state index in [4.69, 9.17) is 9.47 Å². The van der Waals surface area contributed by atoms with Gasteiger partial charge < -0.3 is 9.47 Å². The normalized spacial score (nSPS) is 16.2. The first-order valence-electron chi connectivity index (χ1n) is 7.19. The van der Waals surface area contributed by atoms with E-state index in [1.54, 1.807) is 14.2 Å². The maximum atomic E-state index is 9.50. The molecule has 0 aromatic heterocycles. The summed E-state index contributed by atoms with van der Waals surface area (Å²) >= 11 is 0. The maximum absolute atomic E-state index is 9.50. The molecule has 0 bridgehead atoms. The zero-order valence-corrected chi connectivity index (χ0v) is 12.7. The van der Waals surface area contributed by atoms with E-state index in [0.29, 0.717) is 11.3 Å². The average Bonchev–Trinajstić information content (AvgIpc) is 2.60. The number of ether oxygens (including phenoxy) is 2. The molecule has 3 heteroatoms. The van der Waals surface area contributed by atoms with Crippen LogP contribution in [0.5, 0.6) is 11.5 Å². The highest BCUT2D eigenvalue weighted by Crippen LogP contribution is 2.42. The van der Waals surface area contributed by atoms with Crippen LogP contribution in [0.15, 0.2) is 48.5 Å². The van der Waals surface area contributed by atoms with Gasteiger partial charge in [-0.15, -0.1) is 0 Å². The lowest BCUT2D eigenvalue weighted by Gasteiger charge is -2.24. The number of rotatable bonds is 3. The van der Waals surface area contributed by atoms with Crippen molar-refractivity contribution < 1.29 is 9.47 Å². The first kappa shape index (κ1) is 14.2. The highest BCUT2D eigenvalue weighted by molar-refractivity contribution is 5.83. The van der Waals surface area contributed by atoms with Crippen molar-refractivity contribution in [3.63, 3.8) is 0 Å². The molecule has 0 spiro atoms. The van der Waals surface area contributed by atoms with Crippen LogP contribution < -0.4 is 9.47 Å². The van der Waals surface area contributed by atoms with E-state index in [1.165, 1.54) is 5.56 Å². The molecule has 0 aliphatic heterocycles. The van der Waals surface area contributed by atoms with Gasteiger partial charge in [0.15, 0.2) is 11.5 Å². The Labute approximate surface area is 130 Å². The summed E-state index contributed by atoms with van der Waals surface area (Å²) < 4.78 is 10.9. The third-order valence-corrected chi connectivity index (χ3v) is 4.08. The van der Waals surface area contributed by atoms with Crippen LogP contribution in [-0.2, 0) is 6.42 Å². The van der Waals surface area contributed by atoms with Gasteiger partial charge in [0.25, 0.3) is 0 Å². The Morgan fingerprint density at radius 3 is 2.45 bits per heavy atom. The summed E-state index contributed by atoms with van der Waals surface area (Å²) in [5, 5.41) is 9.50. The molecule has 0 radical (unpaired) electrons. The first-order valence-corrected chi connectivity index (χ1v) is 7.19. The Kier molecular flexibility index (Phi) is 3.84. The zero-order chi connectivity index (χ0) is 15.5. The zero-order valence-electron chi connectivity index (χ0n) is 12.7. The number of methoxy groups -OCH3 is 2. The summed E-state index contributed by atoms with van der Waals surface area (Å²) in [6, 6.07) is 16.3. The van der Waals surface area contributed by atoms with Crippen LogP contribution in [0, 0.1) is 11.3 Å². The molecule has 2 aromatic carbocycles. The maximum Gasteiger partial charge on any atom is 0.164 e. The number of allylic oxidation sites excluding steroid dienone is 2. The number of hydrogen-bond donors (Lipinski definition) is 0. The minimum absolute atomic E-state index is 0.171. The van der Waals surface area contributed by atoms with Crippen molar-refractivity contribution in [1.82, 2.24) is 0 Å². The average molecular weight is 291 g/mol. The fourth-order valence-corrected chi connectivity index (χ4v) is 3.03. The fraction of sp³-hybridized carbons (Fsp3) is 0.211. The van der Waals surface area contributed by atoms with Crippen LogP contribution in [0.2, 0.25) is 0 Å². The van der Waals surface area contributed by atoms with Crippen molar-refractivity contribution in [2.24, 2.45) is 0 Å². The Bertz CT molecular complexity index is 757. The van der Waals surface area contributed by atoms with Crippen molar-refractivity contribution in [3.05, 3.63) is 65.2 Å². The molecule has 0 heterocycles. The smallest absolute Gasteiger partial charge is 0.164 e. The summed E-state index contributed by atoms with van der Waals surface area (Å²) in [5.41, 5.74) is 3.86. The van der Waals surface area contributed by atoms with Crippen molar-refractivity contribution in [1.29, 1.82) is 5.26 Å². The second kappa shape index (κ2) is 5.95. The van der Waals surface area contributed by atoms with Crippen molar-refractivity contribution in [3.8, 4) is 17.6 Å². The highest BCUT2D eigenvalue weighted by Gasteiger charge is 2.25. The minimum atomic E-state index is 0.171. The molecule has 0 saturated heterocycles. The van der Waals surface area contributed by atoms with Gasteiger partial charge in [0, 0.05) is 11.5 Å². The third kappa shape index (κ3) is 2.33. The van der Waals surface area contributed by atoms with Crippen molar-refractivity contribution >= 4 is 5.57 Å². The Hall–Kier alpha value is -2.73. The summed E-state index contributed by atoms with van der Waals surface area (Å²) in [6.07, 6.45) is 2.84. The first-order chi connectivity index (χ1) is 10.8. The summed E-state index contributed by atoms with van der Waals surface area (Å²) in [6.45, 7) is 0. The monoisotopic (exact) mass is 291 g/mol. The molecule has 0 fully saturated rings. The van der Waals surface area contributed by atoms with E-state index in [-0.39, 0.29) is 5.92 Å². The number of nitrogens with zero attached hydrogens (tertiary/aromatic N) is 1. The number of nitriles is 1. The van der Waals surface area contributed by atoms with Crippen LogP contribution >= 0.6 is 0 Å². The Morgan fingerprint density at radius 2 is 1.82 bits per heavy atom. The van der Waals surface area contributed by atoms with E-state index >= 15 is 0 Å². The molecule has 0 saturated carbocycles. The van der Waals surface area contributed by atoms with Gasteiger partial charge >= 0.3 is 0 Å². The number of benzene rings is 2. The quantitative estimate of drug-likeness (QED) is 0.860. The summed E-state index contributed by atoms with van der Waals surface area (Å²) in [5.74, 6) is 1.60. The molecule has 2 aromatic rings. The second-order valence-electron chi connectivity index (χ2n) is 5.24. The van der Waals surface area contributed by atoms with E-state index < -0.39 is 0 Å². The molecule has 3 rings (SSSR count). The summed E-state index contributed by atoms with van der Waals surface area (Å²) in [7, 11) is 3.27.